The van der Waals surface area contributed by atoms with Crippen molar-refractivity contribution in [1.29, 1.82) is 0 Å². The molecule has 3 heteroatoms. The molecule has 2 rings (SSSR count). The fourth-order valence-corrected chi connectivity index (χ4v) is 2.36. The first-order valence-corrected chi connectivity index (χ1v) is 6.26. The summed E-state index contributed by atoms with van der Waals surface area (Å²) in [5.41, 5.74) is 10.1. The Bertz CT molecular complexity index is 437. The Kier molecular flexibility index (Phi) is 3.48. The predicted molar refractivity (Wildman–Crippen MR) is 72.4 cm³/mol. The summed E-state index contributed by atoms with van der Waals surface area (Å²) in [6, 6.07) is 6.22. The number of rotatable bonds is 3. The highest BCUT2D eigenvalue weighted by Crippen LogP contribution is 2.22. The van der Waals surface area contributed by atoms with Crippen LogP contribution in [0.15, 0.2) is 23.2 Å². The molecule has 0 radical (unpaired) electrons. The van der Waals surface area contributed by atoms with Crippen molar-refractivity contribution in [1.82, 2.24) is 4.90 Å². The average molecular weight is 231 g/mol. The van der Waals surface area contributed by atoms with Crippen LogP contribution < -0.4 is 5.73 Å². The number of benzene rings is 1. The molecule has 1 aliphatic rings. The maximum Gasteiger partial charge on any atom is 0.121 e. The van der Waals surface area contributed by atoms with Crippen molar-refractivity contribution in [2.45, 2.75) is 26.8 Å². The van der Waals surface area contributed by atoms with Gasteiger partial charge in [-0.3, -0.25) is 4.99 Å². The summed E-state index contributed by atoms with van der Waals surface area (Å²) in [7, 11) is 0. The largest absolute Gasteiger partial charge is 0.357 e. The van der Waals surface area contributed by atoms with Gasteiger partial charge in [0.25, 0.3) is 0 Å². The first kappa shape index (κ1) is 12.1. The van der Waals surface area contributed by atoms with Gasteiger partial charge in [0, 0.05) is 13.1 Å². The average Bonchev–Trinajstić information content (AvgIpc) is 2.80. The van der Waals surface area contributed by atoms with Gasteiger partial charge in [-0.2, -0.15) is 0 Å². The topological polar surface area (TPSA) is 41.6 Å². The molecule has 0 spiro atoms. The quantitative estimate of drug-likeness (QED) is 0.865. The SMILES string of the molecule is CCN1CCN=C1C(N)c1cccc(C)c1C. The van der Waals surface area contributed by atoms with Crippen LogP contribution in [0.1, 0.15) is 29.7 Å². The summed E-state index contributed by atoms with van der Waals surface area (Å²) in [4.78, 5) is 6.82. The van der Waals surface area contributed by atoms with E-state index in [1.807, 2.05) is 0 Å². The highest BCUT2D eigenvalue weighted by molar-refractivity contribution is 5.90. The highest BCUT2D eigenvalue weighted by atomic mass is 15.2. The summed E-state index contributed by atoms with van der Waals surface area (Å²) in [5.74, 6) is 1.04. The Morgan fingerprint density at radius 3 is 2.88 bits per heavy atom. The van der Waals surface area contributed by atoms with Gasteiger partial charge >= 0.3 is 0 Å². The number of aryl methyl sites for hydroxylation is 1. The van der Waals surface area contributed by atoms with Gasteiger partial charge in [0.15, 0.2) is 0 Å². The van der Waals surface area contributed by atoms with Crippen LogP contribution in [-0.4, -0.2) is 30.4 Å². The van der Waals surface area contributed by atoms with Gasteiger partial charge < -0.3 is 10.6 Å². The van der Waals surface area contributed by atoms with E-state index in [4.69, 9.17) is 5.73 Å². The van der Waals surface area contributed by atoms with Crippen LogP contribution in [0.2, 0.25) is 0 Å². The molecule has 3 nitrogen and oxygen atoms in total. The minimum absolute atomic E-state index is 0.0858. The second-order valence-corrected chi connectivity index (χ2v) is 4.59. The molecule has 1 aromatic carbocycles. The van der Waals surface area contributed by atoms with Gasteiger partial charge in [-0.05, 0) is 37.5 Å². The number of nitrogens with zero attached hydrogens (tertiary/aromatic N) is 2. The van der Waals surface area contributed by atoms with Crippen molar-refractivity contribution in [2.24, 2.45) is 10.7 Å². The molecule has 0 bridgehead atoms. The van der Waals surface area contributed by atoms with Crippen LogP contribution in [0.4, 0.5) is 0 Å². The Morgan fingerprint density at radius 1 is 1.41 bits per heavy atom. The zero-order valence-corrected chi connectivity index (χ0v) is 10.9. The maximum atomic E-state index is 6.36. The number of aliphatic imine (C=N–C) groups is 1. The number of amidine groups is 1. The maximum absolute atomic E-state index is 6.36. The van der Waals surface area contributed by atoms with E-state index in [-0.39, 0.29) is 6.04 Å². The molecule has 1 unspecified atom stereocenters. The minimum atomic E-state index is -0.0858. The molecule has 17 heavy (non-hydrogen) atoms. The van der Waals surface area contributed by atoms with E-state index in [9.17, 15) is 0 Å². The van der Waals surface area contributed by atoms with Gasteiger partial charge in [0.1, 0.15) is 5.84 Å². The summed E-state index contributed by atoms with van der Waals surface area (Å²) >= 11 is 0. The van der Waals surface area contributed by atoms with Crippen molar-refractivity contribution >= 4 is 5.84 Å². The Balaban J connectivity index is 2.31. The van der Waals surface area contributed by atoms with Crippen LogP contribution in [0, 0.1) is 13.8 Å². The van der Waals surface area contributed by atoms with E-state index in [0.29, 0.717) is 0 Å². The van der Waals surface area contributed by atoms with Gasteiger partial charge in [-0.25, -0.2) is 0 Å². The van der Waals surface area contributed by atoms with E-state index < -0.39 is 0 Å². The molecule has 0 aromatic heterocycles. The molecule has 2 N–H and O–H groups in total. The second-order valence-electron chi connectivity index (χ2n) is 4.59. The number of nitrogens with two attached hydrogens (primary N) is 1. The first-order valence-electron chi connectivity index (χ1n) is 6.26. The van der Waals surface area contributed by atoms with Crippen molar-refractivity contribution in [3.63, 3.8) is 0 Å². The van der Waals surface area contributed by atoms with Gasteiger partial charge in [-0.1, -0.05) is 18.2 Å². The Hall–Kier alpha value is -1.35. The molecular formula is C14H21N3. The predicted octanol–water partition coefficient (Wildman–Crippen LogP) is 2.04. The van der Waals surface area contributed by atoms with E-state index in [2.05, 4.69) is 48.9 Å². The molecule has 0 fully saturated rings. The number of hydrogen-bond acceptors (Lipinski definition) is 3. The summed E-state index contributed by atoms with van der Waals surface area (Å²) in [6.07, 6.45) is 0. The van der Waals surface area contributed by atoms with E-state index >= 15 is 0 Å². The second kappa shape index (κ2) is 4.88. The fraction of sp³-hybridized carbons (Fsp3) is 0.500. The summed E-state index contributed by atoms with van der Waals surface area (Å²) < 4.78 is 0. The third-order valence-electron chi connectivity index (χ3n) is 3.61. The molecule has 1 aliphatic heterocycles. The lowest BCUT2D eigenvalue weighted by Gasteiger charge is -2.24. The van der Waals surface area contributed by atoms with Gasteiger partial charge in [-0.15, -0.1) is 0 Å². The number of hydrogen-bond donors (Lipinski definition) is 1. The standard InChI is InChI=1S/C14H21N3/c1-4-17-9-8-16-14(17)13(15)12-7-5-6-10(2)11(12)3/h5-7,13H,4,8-9,15H2,1-3H3. The fourth-order valence-electron chi connectivity index (χ4n) is 2.36. The zero-order chi connectivity index (χ0) is 12.4. The van der Waals surface area contributed by atoms with Crippen LogP contribution in [0.25, 0.3) is 0 Å². The van der Waals surface area contributed by atoms with Crippen LogP contribution in [0.3, 0.4) is 0 Å². The normalized spacial score (nSPS) is 17.2. The molecule has 1 heterocycles. The summed E-state index contributed by atoms with van der Waals surface area (Å²) in [6.45, 7) is 9.27. The lowest BCUT2D eigenvalue weighted by molar-refractivity contribution is 0.468. The molecular weight excluding hydrogens is 210 g/mol. The smallest absolute Gasteiger partial charge is 0.121 e. The minimum Gasteiger partial charge on any atom is -0.357 e. The van der Waals surface area contributed by atoms with Crippen molar-refractivity contribution in [3.05, 3.63) is 34.9 Å². The van der Waals surface area contributed by atoms with E-state index in [1.165, 1.54) is 16.7 Å². The van der Waals surface area contributed by atoms with Crippen LogP contribution in [-0.2, 0) is 0 Å². The molecule has 1 aromatic rings. The Morgan fingerprint density at radius 2 is 2.18 bits per heavy atom. The lowest BCUT2D eigenvalue weighted by Crippen LogP contribution is -2.36. The third kappa shape index (κ3) is 2.20. The molecule has 92 valence electrons. The van der Waals surface area contributed by atoms with Crippen LogP contribution >= 0.6 is 0 Å². The molecule has 0 saturated carbocycles. The molecule has 0 amide bonds. The van der Waals surface area contributed by atoms with Crippen molar-refractivity contribution in [2.75, 3.05) is 19.6 Å². The highest BCUT2D eigenvalue weighted by Gasteiger charge is 2.23. The van der Waals surface area contributed by atoms with Gasteiger partial charge in [0.05, 0.1) is 12.6 Å². The summed E-state index contributed by atoms with van der Waals surface area (Å²) in [5, 5.41) is 0. The van der Waals surface area contributed by atoms with Crippen molar-refractivity contribution < 1.29 is 0 Å². The monoisotopic (exact) mass is 231 g/mol. The molecule has 0 aliphatic carbocycles. The zero-order valence-electron chi connectivity index (χ0n) is 10.9. The lowest BCUT2D eigenvalue weighted by atomic mass is 9.97. The van der Waals surface area contributed by atoms with Gasteiger partial charge in [0.2, 0.25) is 0 Å². The third-order valence-corrected chi connectivity index (χ3v) is 3.61. The first-order chi connectivity index (χ1) is 8.15. The van der Waals surface area contributed by atoms with E-state index in [0.717, 1.165) is 25.5 Å². The van der Waals surface area contributed by atoms with Crippen molar-refractivity contribution in [3.8, 4) is 0 Å². The Labute approximate surface area is 103 Å². The number of likely N-dealkylation sites (N-methyl/N-ethyl adjacent to an activating group) is 1. The van der Waals surface area contributed by atoms with E-state index in [1.54, 1.807) is 0 Å². The van der Waals surface area contributed by atoms with Crippen LogP contribution in [0.5, 0.6) is 0 Å². The molecule has 1 atom stereocenters. The molecule has 0 saturated heterocycles.